The van der Waals surface area contributed by atoms with Crippen LogP contribution in [0.2, 0.25) is 0 Å². The molecule has 15 heavy (non-hydrogen) atoms. The Kier molecular flexibility index (Phi) is 5.67. The highest BCUT2D eigenvalue weighted by Crippen LogP contribution is 2.15. The average Bonchev–Trinajstić information content (AvgIpc) is 2.52. The van der Waals surface area contributed by atoms with Gasteiger partial charge in [0.1, 0.15) is 0 Å². The van der Waals surface area contributed by atoms with E-state index >= 15 is 0 Å². The summed E-state index contributed by atoms with van der Waals surface area (Å²) in [7, 11) is 0. The van der Waals surface area contributed by atoms with Gasteiger partial charge in [-0.15, -0.1) is 0 Å². The van der Waals surface area contributed by atoms with Gasteiger partial charge in [0.15, 0.2) is 5.82 Å². The molecule has 0 saturated heterocycles. The lowest BCUT2D eigenvalue weighted by atomic mass is 10.6. The molecule has 86 valence electrons. The Balaban J connectivity index is 2.10. The summed E-state index contributed by atoms with van der Waals surface area (Å²) in [5.74, 6) is 0.504. The van der Waals surface area contributed by atoms with Crippen molar-refractivity contribution in [2.24, 2.45) is 0 Å². The van der Waals surface area contributed by atoms with Gasteiger partial charge < -0.3 is 15.2 Å². The van der Waals surface area contributed by atoms with Gasteiger partial charge in [-0.2, -0.15) is 5.10 Å². The molecule has 0 atom stereocenters. The predicted molar refractivity (Wildman–Crippen MR) is 61.7 cm³/mol. The number of rotatable bonds is 7. The predicted octanol–water partition coefficient (Wildman–Crippen LogP) is 1.28. The second kappa shape index (κ2) is 6.81. The maximum Gasteiger partial charge on any atom is 0.159 e. The van der Waals surface area contributed by atoms with Crippen LogP contribution in [0.3, 0.4) is 0 Å². The largest absolute Gasteiger partial charge is 0.381 e. The lowest BCUT2D eigenvalue weighted by Gasteiger charge is -2.04. The number of hydrogen-bond acceptors (Lipinski definition) is 4. The Hall–Kier alpha value is -0.590. The Labute approximate surface area is 97.7 Å². The van der Waals surface area contributed by atoms with E-state index in [2.05, 4.69) is 21.0 Å². The first kappa shape index (κ1) is 12.5. The first-order valence-corrected chi connectivity index (χ1v) is 5.67. The summed E-state index contributed by atoms with van der Waals surface area (Å²) in [4.78, 5) is 0. The molecule has 0 unspecified atom stereocenters. The highest BCUT2D eigenvalue weighted by Gasteiger charge is 2.01. The summed E-state index contributed by atoms with van der Waals surface area (Å²) in [6.07, 6.45) is 1.83. The zero-order valence-corrected chi connectivity index (χ0v) is 10.4. The summed E-state index contributed by atoms with van der Waals surface area (Å²) in [5, 5.41) is 4.08. The SMILES string of the molecule is CCOCCOCCn1cc(Br)c(N)n1. The van der Waals surface area contributed by atoms with Crippen molar-refractivity contribution in [2.75, 3.05) is 32.2 Å². The highest BCUT2D eigenvalue weighted by molar-refractivity contribution is 9.10. The van der Waals surface area contributed by atoms with Gasteiger partial charge in [0.25, 0.3) is 0 Å². The van der Waals surface area contributed by atoms with E-state index in [0.29, 0.717) is 32.2 Å². The topological polar surface area (TPSA) is 62.3 Å². The molecule has 1 aromatic heterocycles. The molecule has 0 spiro atoms. The van der Waals surface area contributed by atoms with E-state index in [4.69, 9.17) is 15.2 Å². The van der Waals surface area contributed by atoms with Crippen LogP contribution in [-0.4, -0.2) is 36.2 Å². The van der Waals surface area contributed by atoms with Gasteiger partial charge in [0.05, 0.1) is 30.8 Å². The second-order valence-electron chi connectivity index (χ2n) is 2.93. The quantitative estimate of drug-likeness (QED) is 0.763. The van der Waals surface area contributed by atoms with Crippen molar-refractivity contribution >= 4 is 21.7 Å². The smallest absolute Gasteiger partial charge is 0.159 e. The fourth-order valence-corrected chi connectivity index (χ4v) is 1.36. The first-order valence-electron chi connectivity index (χ1n) is 4.88. The van der Waals surface area contributed by atoms with Gasteiger partial charge in [0, 0.05) is 12.8 Å². The number of ether oxygens (including phenoxy) is 2. The molecule has 1 heterocycles. The van der Waals surface area contributed by atoms with Crippen molar-refractivity contribution in [2.45, 2.75) is 13.5 Å². The Bertz CT molecular complexity index is 271. The van der Waals surface area contributed by atoms with Crippen molar-refractivity contribution in [1.29, 1.82) is 0 Å². The van der Waals surface area contributed by atoms with Crippen LogP contribution in [0, 0.1) is 0 Å². The van der Waals surface area contributed by atoms with Crippen LogP contribution in [-0.2, 0) is 16.0 Å². The van der Waals surface area contributed by atoms with Gasteiger partial charge in [0.2, 0.25) is 0 Å². The molecule has 5 nitrogen and oxygen atoms in total. The van der Waals surface area contributed by atoms with E-state index in [9.17, 15) is 0 Å². The lowest BCUT2D eigenvalue weighted by Crippen LogP contribution is -2.10. The van der Waals surface area contributed by atoms with Crippen molar-refractivity contribution in [3.8, 4) is 0 Å². The van der Waals surface area contributed by atoms with Crippen LogP contribution in [0.1, 0.15) is 6.92 Å². The Morgan fingerprint density at radius 2 is 2.13 bits per heavy atom. The van der Waals surface area contributed by atoms with Crippen LogP contribution >= 0.6 is 15.9 Å². The summed E-state index contributed by atoms with van der Waals surface area (Å²) < 4.78 is 13.0. The molecule has 2 N–H and O–H groups in total. The van der Waals surface area contributed by atoms with Crippen LogP contribution in [0.5, 0.6) is 0 Å². The number of nitrogens with zero attached hydrogens (tertiary/aromatic N) is 2. The van der Waals surface area contributed by atoms with E-state index < -0.39 is 0 Å². The molecule has 0 bridgehead atoms. The molecule has 0 fully saturated rings. The molecular formula is C9H16BrN3O2. The van der Waals surface area contributed by atoms with Crippen LogP contribution in [0.15, 0.2) is 10.7 Å². The second-order valence-corrected chi connectivity index (χ2v) is 3.79. The average molecular weight is 278 g/mol. The van der Waals surface area contributed by atoms with Crippen LogP contribution in [0.25, 0.3) is 0 Å². The van der Waals surface area contributed by atoms with E-state index in [1.807, 2.05) is 13.1 Å². The van der Waals surface area contributed by atoms with Crippen LogP contribution < -0.4 is 5.73 Å². The maximum atomic E-state index is 5.57. The Morgan fingerprint density at radius 3 is 2.73 bits per heavy atom. The molecular weight excluding hydrogens is 262 g/mol. The number of halogens is 1. The fraction of sp³-hybridized carbons (Fsp3) is 0.667. The fourth-order valence-electron chi connectivity index (χ4n) is 1.05. The lowest BCUT2D eigenvalue weighted by molar-refractivity contribution is 0.0488. The van der Waals surface area contributed by atoms with E-state index in [1.54, 1.807) is 4.68 Å². The maximum absolute atomic E-state index is 5.57. The van der Waals surface area contributed by atoms with Crippen LogP contribution in [0.4, 0.5) is 5.82 Å². The minimum absolute atomic E-state index is 0.504. The van der Waals surface area contributed by atoms with Gasteiger partial charge in [-0.1, -0.05) is 0 Å². The summed E-state index contributed by atoms with van der Waals surface area (Å²) in [6, 6.07) is 0. The zero-order valence-electron chi connectivity index (χ0n) is 8.78. The monoisotopic (exact) mass is 277 g/mol. The number of aromatic nitrogens is 2. The molecule has 6 heteroatoms. The third-order valence-corrected chi connectivity index (χ3v) is 2.40. The minimum Gasteiger partial charge on any atom is -0.381 e. The Morgan fingerprint density at radius 1 is 1.40 bits per heavy atom. The number of hydrogen-bond donors (Lipinski definition) is 1. The van der Waals surface area contributed by atoms with E-state index in [-0.39, 0.29) is 0 Å². The molecule has 0 aromatic carbocycles. The molecule has 0 amide bonds. The van der Waals surface area contributed by atoms with Crippen molar-refractivity contribution in [1.82, 2.24) is 9.78 Å². The van der Waals surface area contributed by atoms with Crippen molar-refractivity contribution in [3.05, 3.63) is 10.7 Å². The van der Waals surface area contributed by atoms with E-state index in [0.717, 1.165) is 11.1 Å². The van der Waals surface area contributed by atoms with Crippen molar-refractivity contribution in [3.63, 3.8) is 0 Å². The van der Waals surface area contributed by atoms with Gasteiger partial charge in [-0.25, -0.2) is 0 Å². The summed E-state index contributed by atoms with van der Waals surface area (Å²) in [5.41, 5.74) is 5.57. The third-order valence-electron chi connectivity index (χ3n) is 1.78. The van der Waals surface area contributed by atoms with Gasteiger partial charge >= 0.3 is 0 Å². The summed E-state index contributed by atoms with van der Waals surface area (Å²) >= 11 is 3.29. The molecule has 0 aliphatic carbocycles. The van der Waals surface area contributed by atoms with Gasteiger partial charge in [-0.05, 0) is 22.9 Å². The zero-order chi connectivity index (χ0) is 11.1. The highest BCUT2D eigenvalue weighted by atomic mass is 79.9. The number of nitrogen functional groups attached to an aromatic ring is 1. The first-order chi connectivity index (χ1) is 7.24. The molecule has 0 saturated carbocycles. The van der Waals surface area contributed by atoms with Gasteiger partial charge in [-0.3, -0.25) is 4.68 Å². The summed E-state index contributed by atoms with van der Waals surface area (Å²) in [6.45, 7) is 5.26. The molecule has 0 aliphatic heterocycles. The third kappa shape index (κ3) is 4.63. The number of anilines is 1. The number of nitrogens with two attached hydrogens (primary N) is 1. The minimum atomic E-state index is 0.504. The standard InChI is InChI=1S/C9H16BrN3O2/c1-2-14-5-6-15-4-3-13-7-8(10)9(11)12-13/h7H,2-6H2,1H3,(H2,11,12). The van der Waals surface area contributed by atoms with Crippen molar-refractivity contribution < 1.29 is 9.47 Å². The molecule has 0 radical (unpaired) electrons. The van der Waals surface area contributed by atoms with E-state index in [1.165, 1.54) is 0 Å². The molecule has 0 aliphatic rings. The molecule has 1 rings (SSSR count). The molecule has 1 aromatic rings. The normalized spacial score (nSPS) is 10.8.